The molecule has 1 aromatic carbocycles. The zero-order chi connectivity index (χ0) is 18.7. The molecule has 9 heteroatoms. The number of carbonyl (C=O) groups excluding carboxylic acids is 1. The van der Waals surface area contributed by atoms with E-state index in [-0.39, 0.29) is 16.9 Å². The molecular weight excluding hydrogens is 328 g/mol. The third-order valence-electron chi connectivity index (χ3n) is 3.09. The molecule has 1 amide bonds. The Morgan fingerprint density at radius 3 is 2.84 bits per heavy atom. The number of nitriles is 1. The molecule has 25 heavy (non-hydrogen) atoms. The molecule has 0 unspecified atom stereocenters. The molecule has 0 saturated heterocycles. The number of nitro groups is 1. The van der Waals surface area contributed by atoms with E-state index >= 15 is 0 Å². The summed E-state index contributed by atoms with van der Waals surface area (Å²) in [5.41, 5.74) is -0.0332. The number of anilines is 1. The monoisotopic (exact) mass is 348 g/mol. The summed E-state index contributed by atoms with van der Waals surface area (Å²) in [6.45, 7) is 3.37. The highest BCUT2D eigenvalue weighted by atomic mass is 16.6. The fourth-order valence-corrected chi connectivity index (χ4v) is 1.84. The Morgan fingerprint density at radius 2 is 2.24 bits per heavy atom. The number of methoxy groups -OCH3 is 1. The van der Waals surface area contributed by atoms with Crippen molar-refractivity contribution in [3.8, 4) is 11.8 Å². The average molecular weight is 348 g/mol. The first-order valence-electron chi connectivity index (χ1n) is 7.58. The summed E-state index contributed by atoms with van der Waals surface area (Å²) in [6.07, 6.45) is 1.81. The van der Waals surface area contributed by atoms with Crippen LogP contribution in [-0.4, -0.2) is 37.7 Å². The van der Waals surface area contributed by atoms with E-state index in [1.807, 2.05) is 6.92 Å². The fourth-order valence-electron chi connectivity index (χ4n) is 1.84. The Bertz CT molecular complexity index is 682. The summed E-state index contributed by atoms with van der Waals surface area (Å²) in [4.78, 5) is 22.2. The van der Waals surface area contributed by atoms with E-state index < -0.39 is 10.8 Å². The summed E-state index contributed by atoms with van der Waals surface area (Å²) in [5, 5.41) is 25.2. The van der Waals surface area contributed by atoms with Crippen LogP contribution in [0.5, 0.6) is 5.75 Å². The minimum atomic E-state index is -0.551. The number of hydrogen-bond acceptors (Lipinski definition) is 7. The molecule has 1 aromatic rings. The number of nitro benzene ring substituents is 1. The molecular formula is C16H20N4O5. The molecule has 2 N–H and O–H groups in total. The zero-order valence-electron chi connectivity index (χ0n) is 14.1. The van der Waals surface area contributed by atoms with Crippen LogP contribution in [0.15, 0.2) is 30.0 Å². The SMILES string of the molecule is CCOCCCNC(=O)/C(C#N)=C\Nc1cc([N+](=O)[O-])ccc1OC. The van der Waals surface area contributed by atoms with Crippen LogP contribution in [0.4, 0.5) is 11.4 Å². The molecule has 0 aliphatic heterocycles. The van der Waals surface area contributed by atoms with Crippen molar-refractivity contribution < 1.29 is 19.2 Å². The quantitative estimate of drug-likeness (QED) is 0.217. The Hall–Kier alpha value is -3.12. The van der Waals surface area contributed by atoms with Crippen molar-refractivity contribution in [1.29, 1.82) is 5.26 Å². The summed E-state index contributed by atoms with van der Waals surface area (Å²) >= 11 is 0. The van der Waals surface area contributed by atoms with Gasteiger partial charge >= 0.3 is 0 Å². The molecule has 9 nitrogen and oxygen atoms in total. The van der Waals surface area contributed by atoms with Gasteiger partial charge in [0, 0.05) is 38.1 Å². The third-order valence-corrected chi connectivity index (χ3v) is 3.09. The van der Waals surface area contributed by atoms with E-state index in [1.54, 1.807) is 6.07 Å². The summed E-state index contributed by atoms with van der Waals surface area (Å²) in [7, 11) is 1.41. The maximum absolute atomic E-state index is 11.9. The highest BCUT2D eigenvalue weighted by Crippen LogP contribution is 2.28. The molecule has 0 spiro atoms. The highest BCUT2D eigenvalue weighted by molar-refractivity contribution is 5.97. The standard InChI is InChI=1S/C16H20N4O5/c1-3-25-8-4-7-18-16(21)12(10-17)11-19-14-9-13(20(22)23)5-6-15(14)24-2/h5-6,9,11,19H,3-4,7-8H2,1-2H3,(H,18,21)/b12-11-. The van der Waals surface area contributed by atoms with Crippen LogP contribution < -0.4 is 15.4 Å². The van der Waals surface area contributed by atoms with Crippen molar-refractivity contribution in [1.82, 2.24) is 5.32 Å². The molecule has 0 aliphatic rings. The number of amides is 1. The highest BCUT2D eigenvalue weighted by Gasteiger charge is 2.12. The molecule has 0 atom stereocenters. The number of nitrogens with zero attached hydrogens (tertiary/aromatic N) is 2. The maximum Gasteiger partial charge on any atom is 0.271 e. The number of ether oxygens (including phenoxy) is 2. The van der Waals surface area contributed by atoms with Gasteiger partial charge < -0.3 is 20.1 Å². The van der Waals surface area contributed by atoms with Gasteiger partial charge in [-0.05, 0) is 19.4 Å². The zero-order valence-corrected chi connectivity index (χ0v) is 14.1. The lowest BCUT2D eigenvalue weighted by atomic mass is 10.2. The van der Waals surface area contributed by atoms with E-state index in [0.717, 1.165) is 0 Å². The Balaban J connectivity index is 2.76. The topological polar surface area (TPSA) is 127 Å². The molecule has 0 aliphatic carbocycles. The number of benzene rings is 1. The minimum absolute atomic E-state index is 0.143. The molecule has 0 heterocycles. The van der Waals surface area contributed by atoms with Gasteiger partial charge in [0.05, 0.1) is 17.7 Å². The van der Waals surface area contributed by atoms with Gasteiger partial charge in [-0.1, -0.05) is 0 Å². The van der Waals surface area contributed by atoms with Crippen LogP contribution in [0.3, 0.4) is 0 Å². The summed E-state index contributed by atoms with van der Waals surface area (Å²) in [6, 6.07) is 5.75. The van der Waals surface area contributed by atoms with Gasteiger partial charge in [-0.3, -0.25) is 14.9 Å². The van der Waals surface area contributed by atoms with E-state index in [2.05, 4.69) is 10.6 Å². The largest absolute Gasteiger partial charge is 0.495 e. The maximum atomic E-state index is 11.9. The number of non-ortho nitro benzene ring substituents is 1. The van der Waals surface area contributed by atoms with Crippen LogP contribution in [0.25, 0.3) is 0 Å². The smallest absolute Gasteiger partial charge is 0.271 e. The average Bonchev–Trinajstić information content (AvgIpc) is 2.61. The predicted octanol–water partition coefficient (Wildman–Crippen LogP) is 1.97. The van der Waals surface area contributed by atoms with Crippen molar-refractivity contribution in [3.63, 3.8) is 0 Å². The van der Waals surface area contributed by atoms with E-state index in [9.17, 15) is 14.9 Å². The molecule has 0 fully saturated rings. The number of carbonyl (C=O) groups is 1. The predicted molar refractivity (Wildman–Crippen MR) is 91.1 cm³/mol. The van der Waals surface area contributed by atoms with E-state index in [1.165, 1.54) is 31.5 Å². The Morgan fingerprint density at radius 1 is 1.48 bits per heavy atom. The lowest BCUT2D eigenvalue weighted by Crippen LogP contribution is -2.26. The number of hydrogen-bond donors (Lipinski definition) is 2. The Kier molecular flexibility index (Phi) is 8.46. The Labute approximate surface area is 145 Å². The van der Waals surface area contributed by atoms with Gasteiger partial charge in [0.15, 0.2) is 0 Å². The lowest BCUT2D eigenvalue weighted by molar-refractivity contribution is -0.384. The van der Waals surface area contributed by atoms with Gasteiger partial charge in [-0.2, -0.15) is 5.26 Å². The third kappa shape index (κ3) is 6.48. The lowest BCUT2D eigenvalue weighted by Gasteiger charge is -2.09. The molecule has 0 bridgehead atoms. The van der Waals surface area contributed by atoms with Gasteiger partial charge in [-0.15, -0.1) is 0 Å². The van der Waals surface area contributed by atoms with Crippen molar-refractivity contribution in [2.75, 3.05) is 32.2 Å². The molecule has 0 aromatic heterocycles. The molecule has 134 valence electrons. The van der Waals surface area contributed by atoms with Crippen molar-refractivity contribution in [3.05, 3.63) is 40.1 Å². The van der Waals surface area contributed by atoms with Crippen LogP contribution >= 0.6 is 0 Å². The van der Waals surface area contributed by atoms with E-state index in [0.29, 0.717) is 31.9 Å². The number of rotatable bonds is 10. The van der Waals surface area contributed by atoms with Crippen molar-refractivity contribution >= 4 is 17.3 Å². The van der Waals surface area contributed by atoms with Gasteiger partial charge in [0.2, 0.25) is 0 Å². The van der Waals surface area contributed by atoms with Crippen LogP contribution in [0.1, 0.15) is 13.3 Å². The second kappa shape index (κ2) is 10.6. The first kappa shape index (κ1) is 19.9. The molecule has 0 radical (unpaired) electrons. The van der Waals surface area contributed by atoms with Crippen LogP contribution in [0, 0.1) is 21.4 Å². The first-order chi connectivity index (χ1) is 12.0. The van der Waals surface area contributed by atoms with Crippen molar-refractivity contribution in [2.45, 2.75) is 13.3 Å². The van der Waals surface area contributed by atoms with Crippen LogP contribution in [0.2, 0.25) is 0 Å². The fraction of sp³-hybridized carbons (Fsp3) is 0.375. The number of nitrogens with one attached hydrogen (secondary N) is 2. The van der Waals surface area contributed by atoms with Gasteiger partial charge in [0.1, 0.15) is 17.4 Å². The first-order valence-corrected chi connectivity index (χ1v) is 7.58. The summed E-state index contributed by atoms with van der Waals surface area (Å²) in [5.74, 6) is -0.202. The normalized spacial score (nSPS) is 10.7. The van der Waals surface area contributed by atoms with Crippen LogP contribution in [-0.2, 0) is 9.53 Å². The minimum Gasteiger partial charge on any atom is -0.495 e. The summed E-state index contributed by atoms with van der Waals surface area (Å²) < 4.78 is 10.2. The van der Waals surface area contributed by atoms with Crippen molar-refractivity contribution in [2.24, 2.45) is 0 Å². The molecule has 0 saturated carbocycles. The second-order valence-corrected chi connectivity index (χ2v) is 4.76. The van der Waals surface area contributed by atoms with Gasteiger partial charge in [0.25, 0.3) is 11.6 Å². The van der Waals surface area contributed by atoms with Gasteiger partial charge in [-0.25, -0.2) is 0 Å². The second-order valence-electron chi connectivity index (χ2n) is 4.76. The molecule has 1 rings (SSSR count). The van der Waals surface area contributed by atoms with E-state index in [4.69, 9.17) is 14.7 Å².